The zero-order chi connectivity index (χ0) is 15.1. The van der Waals surface area contributed by atoms with Crippen LogP contribution in [0, 0.1) is 6.92 Å². The first-order valence-corrected chi connectivity index (χ1v) is 7.06. The number of para-hydroxylation sites is 1. The molecule has 0 bridgehead atoms. The molecule has 1 atom stereocenters. The molecule has 1 aromatic carbocycles. The van der Waals surface area contributed by atoms with Crippen molar-refractivity contribution in [2.75, 3.05) is 13.2 Å². The number of aliphatic hydroxyl groups excluding tert-OH is 1. The molecule has 1 aromatic heterocycles. The third-order valence-corrected chi connectivity index (χ3v) is 4.36. The molecule has 0 aliphatic carbocycles. The van der Waals surface area contributed by atoms with Crippen LogP contribution < -0.4 is 5.56 Å². The number of nitrogens with zero attached hydrogens (tertiary/aromatic N) is 2. The molecule has 5 nitrogen and oxygen atoms in total. The van der Waals surface area contributed by atoms with E-state index in [2.05, 4.69) is 0 Å². The number of hydrogen-bond donors (Lipinski definition) is 1. The van der Waals surface area contributed by atoms with Crippen molar-refractivity contribution in [1.82, 2.24) is 9.47 Å². The number of amides is 1. The van der Waals surface area contributed by atoms with Gasteiger partial charge < -0.3 is 14.6 Å². The summed E-state index contributed by atoms with van der Waals surface area (Å²) in [6.45, 7) is 2.29. The number of likely N-dealkylation sites (tertiary alicyclic amines) is 1. The summed E-state index contributed by atoms with van der Waals surface area (Å²) >= 11 is 0. The van der Waals surface area contributed by atoms with Crippen molar-refractivity contribution in [2.45, 2.75) is 19.4 Å². The maximum Gasteiger partial charge on any atom is 0.255 e. The molecule has 1 aliphatic rings. The van der Waals surface area contributed by atoms with Crippen LogP contribution in [0.1, 0.15) is 22.3 Å². The van der Waals surface area contributed by atoms with Gasteiger partial charge in [-0.1, -0.05) is 18.2 Å². The lowest BCUT2D eigenvalue weighted by molar-refractivity contribution is 0.0297. The fourth-order valence-corrected chi connectivity index (χ4v) is 2.96. The minimum absolute atomic E-state index is 0.0342. The average molecular weight is 286 g/mol. The number of carbonyl (C=O) groups is 1. The Hall–Kier alpha value is -2.14. The summed E-state index contributed by atoms with van der Waals surface area (Å²) < 4.78 is 1.57. The van der Waals surface area contributed by atoms with Crippen LogP contribution in [0.25, 0.3) is 10.9 Å². The van der Waals surface area contributed by atoms with Gasteiger partial charge in [-0.25, -0.2) is 0 Å². The monoisotopic (exact) mass is 286 g/mol. The summed E-state index contributed by atoms with van der Waals surface area (Å²) in [7, 11) is 1.71. The molecule has 21 heavy (non-hydrogen) atoms. The van der Waals surface area contributed by atoms with Gasteiger partial charge in [-0.05, 0) is 19.4 Å². The van der Waals surface area contributed by atoms with E-state index >= 15 is 0 Å². The Kier molecular flexibility index (Phi) is 3.29. The number of carbonyl (C=O) groups excluding carboxylic acids is 1. The fraction of sp³-hybridized carbons (Fsp3) is 0.375. The quantitative estimate of drug-likeness (QED) is 0.897. The predicted molar refractivity (Wildman–Crippen MR) is 80.5 cm³/mol. The molecule has 2 heterocycles. The van der Waals surface area contributed by atoms with Crippen molar-refractivity contribution in [3.05, 3.63) is 45.7 Å². The van der Waals surface area contributed by atoms with Gasteiger partial charge in [0.1, 0.15) is 0 Å². The molecule has 2 aromatic rings. The van der Waals surface area contributed by atoms with Gasteiger partial charge in [0, 0.05) is 24.5 Å². The number of pyridine rings is 1. The van der Waals surface area contributed by atoms with Gasteiger partial charge in [0.2, 0.25) is 0 Å². The zero-order valence-electron chi connectivity index (χ0n) is 12.2. The Morgan fingerprint density at radius 3 is 2.71 bits per heavy atom. The molecule has 0 saturated carbocycles. The van der Waals surface area contributed by atoms with Gasteiger partial charge in [0.15, 0.2) is 0 Å². The van der Waals surface area contributed by atoms with E-state index in [1.165, 1.54) is 0 Å². The van der Waals surface area contributed by atoms with Crippen molar-refractivity contribution in [3.63, 3.8) is 0 Å². The minimum Gasteiger partial charge on any atom is -0.394 e. The highest BCUT2D eigenvalue weighted by molar-refractivity contribution is 6.07. The molecule has 1 aliphatic heterocycles. The third-order valence-electron chi connectivity index (χ3n) is 4.36. The Morgan fingerprint density at radius 2 is 2.10 bits per heavy atom. The van der Waals surface area contributed by atoms with E-state index in [0.29, 0.717) is 17.7 Å². The van der Waals surface area contributed by atoms with E-state index in [9.17, 15) is 14.7 Å². The van der Waals surface area contributed by atoms with Crippen LogP contribution in [0.5, 0.6) is 0 Å². The molecular formula is C16H18N2O3. The molecule has 110 valence electrons. The molecule has 0 spiro atoms. The minimum atomic E-state index is -0.160. The van der Waals surface area contributed by atoms with E-state index in [-0.39, 0.29) is 24.1 Å². The van der Waals surface area contributed by atoms with Crippen molar-refractivity contribution in [1.29, 1.82) is 0 Å². The van der Waals surface area contributed by atoms with Crippen LogP contribution in [-0.4, -0.2) is 39.7 Å². The van der Waals surface area contributed by atoms with E-state index in [0.717, 1.165) is 17.3 Å². The molecule has 1 fully saturated rings. The summed E-state index contributed by atoms with van der Waals surface area (Å²) in [6.07, 6.45) is 0.810. The molecule has 0 radical (unpaired) electrons. The van der Waals surface area contributed by atoms with Crippen LogP contribution in [0.4, 0.5) is 0 Å². The fourth-order valence-electron chi connectivity index (χ4n) is 2.96. The SMILES string of the molecule is Cc1c(C(=O)N2CCC2CO)c2ccccc2n(C)c1=O. The van der Waals surface area contributed by atoms with Crippen LogP contribution in [-0.2, 0) is 7.05 Å². The van der Waals surface area contributed by atoms with E-state index in [4.69, 9.17) is 0 Å². The largest absolute Gasteiger partial charge is 0.394 e. The second-order valence-electron chi connectivity index (χ2n) is 5.50. The van der Waals surface area contributed by atoms with Crippen molar-refractivity contribution >= 4 is 16.8 Å². The number of rotatable bonds is 2. The molecule has 3 rings (SSSR count). The lowest BCUT2D eigenvalue weighted by Gasteiger charge is -2.40. The van der Waals surface area contributed by atoms with E-state index < -0.39 is 0 Å². The summed E-state index contributed by atoms with van der Waals surface area (Å²) in [6, 6.07) is 7.29. The highest BCUT2D eigenvalue weighted by Crippen LogP contribution is 2.25. The van der Waals surface area contributed by atoms with Crippen LogP contribution in [0.2, 0.25) is 0 Å². The first-order chi connectivity index (χ1) is 10.1. The van der Waals surface area contributed by atoms with Crippen molar-refractivity contribution in [2.24, 2.45) is 7.05 Å². The maximum atomic E-state index is 12.8. The number of aliphatic hydroxyl groups is 1. The topological polar surface area (TPSA) is 62.5 Å². The number of hydrogen-bond acceptors (Lipinski definition) is 3. The standard InChI is InChI=1S/C16H18N2O3/c1-10-14(16(21)18-8-7-11(18)9-19)12-5-3-4-6-13(12)17(2)15(10)20/h3-6,11,19H,7-9H2,1-2H3. The van der Waals surface area contributed by atoms with Crippen molar-refractivity contribution < 1.29 is 9.90 Å². The smallest absolute Gasteiger partial charge is 0.255 e. The molecular weight excluding hydrogens is 268 g/mol. The first-order valence-electron chi connectivity index (χ1n) is 7.06. The molecule has 5 heteroatoms. The third kappa shape index (κ3) is 1.96. The highest BCUT2D eigenvalue weighted by Gasteiger charge is 2.34. The number of aromatic nitrogens is 1. The van der Waals surface area contributed by atoms with Gasteiger partial charge >= 0.3 is 0 Å². The average Bonchev–Trinajstić information content (AvgIpc) is 2.44. The Balaban J connectivity index is 2.23. The molecule has 1 unspecified atom stereocenters. The van der Waals surface area contributed by atoms with Gasteiger partial charge in [0.05, 0.1) is 23.7 Å². The summed E-state index contributed by atoms with van der Waals surface area (Å²) in [4.78, 5) is 26.7. The number of benzene rings is 1. The predicted octanol–water partition coefficient (Wildman–Crippen LogP) is 1.05. The Morgan fingerprint density at radius 1 is 1.38 bits per heavy atom. The van der Waals surface area contributed by atoms with E-state index in [1.807, 2.05) is 24.3 Å². The number of fused-ring (bicyclic) bond motifs is 1. The zero-order valence-corrected chi connectivity index (χ0v) is 12.2. The van der Waals surface area contributed by atoms with Gasteiger partial charge in [-0.2, -0.15) is 0 Å². The highest BCUT2D eigenvalue weighted by atomic mass is 16.3. The van der Waals surface area contributed by atoms with Gasteiger partial charge in [0.25, 0.3) is 11.5 Å². The maximum absolute atomic E-state index is 12.8. The van der Waals surface area contributed by atoms with Gasteiger partial charge in [-0.3, -0.25) is 9.59 Å². The Bertz CT molecular complexity index is 777. The molecule has 1 N–H and O–H groups in total. The lowest BCUT2D eigenvalue weighted by atomic mass is 9.97. The van der Waals surface area contributed by atoms with E-state index in [1.54, 1.807) is 23.4 Å². The van der Waals surface area contributed by atoms with Crippen LogP contribution >= 0.6 is 0 Å². The first kappa shape index (κ1) is 13.8. The summed E-state index contributed by atoms with van der Waals surface area (Å²) in [5, 5.41) is 10.1. The molecule has 1 amide bonds. The lowest BCUT2D eigenvalue weighted by Crippen LogP contribution is -2.53. The van der Waals surface area contributed by atoms with Crippen LogP contribution in [0.15, 0.2) is 29.1 Å². The second-order valence-corrected chi connectivity index (χ2v) is 5.50. The van der Waals surface area contributed by atoms with Gasteiger partial charge in [-0.15, -0.1) is 0 Å². The van der Waals surface area contributed by atoms with Crippen LogP contribution in [0.3, 0.4) is 0 Å². The molecule has 1 saturated heterocycles. The normalized spacial score (nSPS) is 17.9. The summed E-state index contributed by atoms with van der Waals surface area (Å²) in [5.41, 5.74) is 1.52. The van der Waals surface area contributed by atoms with Crippen molar-refractivity contribution in [3.8, 4) is 0 Å². The Labute approximate surface area is 122 Å². The number of aryl methyl sites for hydroxylation is 1. The summed E-state index contributed by atoms with van der Waals surface area (Å²) in [5.74, 6) is -0.160. The second kappa shape index (κ2) is 5.00.